The molecule has 21 heavy (non-hydrogen) atoms. The molecule has 1 fully saturated rings. The van der Waals surface area contributed by atoms with E-state index >= 15 is 0 Å². The fraction of sp³-hybridized carbons (Fsp3) is 0.333. The van der Waals surface area contributed by atoms with E-state index in [0.717, 1.165) is 36.6 Å². The van der Waals surface area contributed by atoms with Crippen LogP contribution in [-0.4, -0.2) is 29.2 Å². The second-order valence-corrected chi connectivity index (χ2v) is 5.92. The van der Waals surface area contributed by atoms with Gasteiger partial charge in [0.25, 0.3) is 0 Å². The number of pyridine rings is 2. The predicted octanol–water partition coefficient (Wildman–Crippen LogP) is 3.75. The maximum Gasteiger partial charge on any atom is 0.147 e. The number of halogens is 2. The van der Waals surface area contributed by atoms with E-state index in [-0.39, 0.29) is 6.10 Å². The number of rotatable bonds is 3. The van der Waals surface area contributed by atoms with Gasteiger partial charge in [0.2, 0.25) is 0 Å². The monoisotopic (exact) mass is 323 g/mol. The number of ether oxygens (including phenoxy) is 1. The van der Waals surface area contributed by atoms with E-state index in [4.69, 9.17) is 27.9 Å². The lowest BCUT2D eigenvalue weighted by Gasteiger charge is -2.19. The molecular formula is C15H15Cl2N3O. The van der Waals surface area contributed by atoms with E-state index in [2.05, 4.69) is 14.9 Å². The predicted molar refractivity (Wildman–Crippen MR) is 84.5 cm³/mol. The van der Waals surface area contributed by atoms with Crippen molar-refractivity contribution >= 4 is 29.0 Å². The molecule has 110 valence electrons. The van der Waals surface area contributed by atoms with Gasteiger partial charge in [-0.15, -0.1) is 0 Å². The van der Waals surface area contributed by atoms with Gasteiger partial charge in [0.1, 0.15) is 17.7 Å². The Morgan fingerprint density at radius 1 is 1.33 bits per heavy atom. The Balaban J connectivity index is 1.69. The Labute approximate surface area is 133 Å². The quantitative estimate of drug-likeness (QED) is 0.862. The minimum Gasteiger partial charge on any atom is -0.488 e. The molecule has 3 heterocycles. The van der Waals surface area contributed by atoms with Crippen molar-refractivity contribution in [2.75, 3.05) is 18.0 Å². The van der Waals surface area contributed by atoms with Crippen LogP contribution < -0.4 is 9.64 Å². The topological polar surface area (TPSA) is 38.2 Å². The van der Waals surface area contributed by atoms with Crippen LogP contribution in [0.5, 0.6) is 5.75 Å². The zero-order chi connectivity index (χ0) is 14.8. The van der Waals surface area contributed by atoms with Crippen LogP contribution in [0, 0.1) is 6.92 Å². The fourth-order valence-corrected chi connectivity index (χ4v) is 2.93. The van der Waals surface area contributed by atoms with E-state index in [1.165, 1.54) is 0 Å². The van der Waals surface area contributed by atoms with Crippen LogP contribution in [0.25, 0.3) is 0 Å². The molecular weight excluding hydrogens is 309 g/mol. The third-order valence-corrected chi connectivity index (χ3v) is 3.98. The van der Waals surface area contributed by atoms with Crippen LogP contribution in [0.15, 0.2) is 30.7 Å². The van der Waals surface area contributed by atoms with Crippen molar-refractivity contribution in [3.63, 3.8) is 0 Å². The molecule has 0 N–H and O–H groups in total. The molecule has 0 bridgehead atoms. The first-order valence-corrected chi connectivity index (χ1v) is 7.52. The van der Waals surface area contributed by atoms with Crippen LogP contribution in [0.2, 0.25) is 10.0 Å². The van der Waals surface area contributed by atoms with Crippen molar-refractivity contribution in [3.05, 3.63) is 46.3 Å². The van der Waals surface area contributed by atoms with E-state index in [1.54, 1.807) is 24.7 Å². The van der Waals surface area contributed by atoms with Gasteiger partial charge in [-0.3, -0.25) is 4.98 Å². The van der Waals surface area contributed by atoms with E-state index in [0.29, 0.717) is 10.0 Å². The van der Waals surface area contributed by atoms with Gasteiger partial charge in [0, 0.05) is 37.1 Å². The lowest BCUT2D eigenvalue weighted by atomic mass is 10.2. The van der Waals surface area contributed by atoms with E-state index in [1.807, 2.05) is 13.0 Å². The molecule has 1 aliphatic rings. The summed E-state index contributed by atoms with van der Waals surface area (Å²) in [6, 6.07) is 3.61. The summed E-state index contributed by atoms with van der Waals surface area (Å²) in [4.78, 5) is 10.5. The Kier molecular flexibility index (Phi) is 4.17. The zero-order valence-corrected chi connectivity index (χ0v) is 13.1. The second kappa shape index (κ2) is 6.08. The van der Waals surface area contributed by atoms with Crippen molar-refractivity contribution in [1.29, 1.82) is 0 Å². The van der Waals surface area contributed by atoms with Gasteiger partial charge in [0.05, 0.1) is 16.6 Å². The molecule has 0 amide bonds. The van der Waals surface area contributed by atoms with Gasteiger partial charge in [-0.2, -0.15) is 0 Å². The van der Waals surface area contributed by atoms with Gasteiger partial charge >= 0.3 is 0 Å². The standard InChI is InChI=1S/C15H15Cl2N3O/c1-10-7-18-4-2-14(10)21-12-3-5-20(9-12)15-13(17)6-11(16)8-19-15/h2,4,6-8,12H,3,5,9H2,1H3. The molecule has 0 spiro atoms. The largest absolute Gasteiger partial charge is 0.488 e. The molecule has 0 aliphatic carbocycles. The molecule has 3 rings (SSSR count). The summed E-state index contributed by atoms with van der Waals surface area (Å²) in [6.45, 7) is 3.62. The lowest BCUT2D eigenvalue weighted by Crippen LogP contribution is -2.25. The van der Waals surface area contributed by atoms with Crippen LogP contribution >= 0.6 is 23.2 Å². The third-order valence-electron chi connectivity index (χ3n) is 3.50. The molecule has 2 aromatic heterocycles. The summed E-state index contributed by atoms with van der Waals surface area (Å²) >= 11 is 12.1. The highest BCUT2D eigenvalue weighted by molar-refractivity contribution is 6.36. The SMILES string of the molecule is Cc1cnccc1OC1CCN(c2ncc(Cl)cc2Cl)C1. The summed E-state index contributed by atoms with van der Waals surface area (Å²) in [7, 11) is 0. The number of nitrogens with zero attached hydrogens (tertiary/aromatic N) is 3. The maximum absolute atomic E-state index is 6.21. The van der Waals surface area contributed by atoms with Crippen molar-refractivity contribution < 1.29 is 4.74 Å². The maximum atomic E-state index is 6.21. The van der Waals surface area contributed by atoms with Gasteiger partial charge in [-0.05, 0) is 19.1 Å². The minimum absolute atomic E-state index is 0.125. The number of anilines is 1. The highest BCUT2D eigenvalue weighted by atomic mass is 35.5. The molecule has 4 nitrogen and oxygen atoms in total. The van der Waals surface area contributed by atoms with Crippen LogP contribution in [0.4, 0.5) is 5.82 Å². The average molecular weight is 324 g/mol. The smallest absolute Gasteiger partial charge is 0.147 e. The summed E-state index contributed by atoms with van der Waals surface area (Å²) < 4.78 is 6.04. The van der Waals surface area contributed by atoms with E-state index < -0.39 is 0 Å². The molecule has 2 aromatic rings. The molecule has 1 aliphatic heterocycles. The van der Waals surface area contributed by atoms with Crippen LogP contribution in [-0.2, 0) is 0 Å². The van der Waals surface area contributed by atoms with Gasteiger partial charge < -0.3 is 9.64 Å². The van der Waals surface area contributed by atoms with E-state index in [9.17, 15) is 0 Å². The fourth-order valence-electron chi connectivity index (χ4n) is 2.43. The zero-order valence-electron chi connectivity index (χ0n) is 11.6. The Hall–Kier alpha value is -1.52. The lowest BCUT2D eigenvalue weighted by molar-refractivity contribution is 0.223. The highest BCUT2D eigenvalue weighted by Crippen LogP contribution is 2.30. The number of hydrogen-bond donors (Lipinski definition) is 0. The van der Waals surface area contributed by atoms with Crippen molar-refractivity contribution in [2.45, 2.75) is 19.4 Å². The first kappa shape index (κ1) is 14.4. The molecule has 6 heteroatoms. The molecule has 1 unspecified atom stereocenters. The second-order valence-electron chi connectivity index (χ2n) is 5.07. The van der Waals surface area contributed by atoms with Crippen molar-refractivity contribution in [3.8, 4) is 5.75 Å². The molecule has 0 radical (unpaired) electrons. The van der Waals surface area contributed by atoms with Crippen LogP contribution in [0.1, 0.15) is 12.0 Å². The third kappa shape index (κ3) is 3.22. The van der Waals surface area contributed by atoms with Crippen LogP contribution in [0.3, 0.4) is 0 Å². The first-order chi connectivity index (χ1) is 10.1. The number of aromatic nitrogens is 2. The molecule has 0 saturated carbocycles. The number of hydrogen-bond acceptors (Lipinski definition) is 4. The normalized spacial score (nSPS) is 18.0. The van der Waals surface area contributed by atoms with Gasteiger partial charge in [-0.25, -0.2) is 4.98 Å². The molecule has 0 aromatic carbocycles. The van der Waals surface area contributed by atoms with Gasteiger partial charge in [0.15, 0.2) is 0 Å². The summed E-state index contributed by atoms with van der Waals surface area (Å²) in [5.74, 6) is 1.64. The Morgan fingerprint density at radius 3 is 2.95 bits per heavy atom. The molecule has 1 atom stereocenters. The summed E-state index contributed by atoms with van der Waals surface area (Å²) in [5.41, 5.74) is 1.04. The van der Waals surface area contributed by atoms with Crippen molar-refractivity contribution in [2.24, 2.45) is 0 Å². The summed E-state index contributed by atoms with van der Waals surface area (Å²) in [6.07, 6.45) is 6.22. The highest BCUT2D eigenvalue weighted by Gasteiger charge is 2.26. The first-order valence-electron chi connectivity index (χ1n) is 6.77. The number of aryl methyl sites for hydroxylation is 1. The average Bonchev–Trinajstić information content (AvgIpc) is 2.90. The molecule has 1 saturated heterocycles. The Bertz CT molecular complexity index is 651. The minimum atomic E-state index is 0.125. The van der Waals surface area contributed by atoms with Crippen molar-refractivity contribution in [1.82, 2.24) is 9.97 Å². The Morgan fingerprint density at radius 2 is 2.19 bits per heavy atom. The van der Waals surface area contributed by atoms with Gasteiger partial charge in [-0.1, -0.05) is 23.2 Å². The summed E-state index contributed by atoms with van der Waals surface area (Å²) in [5, 5.41) is 1.12.